The van der Waals surface area contributed by atoms with E-state index in [1.54, 1.807) is 13.0 Å². The van der Waals surface area contributed by atoms with E-state index < -0.39 is 11.7 Å². The Morgan fingerprint density at radius 3 is 2.78 bits per heavy atom. The van der Waals surface area contributed by atoms with Crippen LogP contribution in [0.2, 0.25) is 0 Å². The minimum atomic E-state index is -0.546. The molecule has 0 radical (unpaired) electrons. The van der Waals surface area contributed by atoms with E-state index in [0.717, 1.165) is 5.56 Å². The highest BCUT2D eigenvalue weighted by Gasteiger charge is 2.16. The van der Waals surface area contributed by atoms with E-state index in [2.05, 4.69) is 5.16 Å². The molecule has 0 aliphatic rings. The smallest absolute Gasteiger partial charge is 0.256 e. The highest BCUT2D eigenvalue weighted by atomic mass is 19.1. The Hall–Kier alpha value is -2.11. The van der Waals surface area contributed by atoms with Gasteiger partial charge in [-0.1, -0.05) is 11.2 Å². The van der Waals surface area contributed by atoms with Gasteiger partial charge < -0.3 is 15.8 Å². The minimum Gasteiger partial charge on any atom is -0.409 e. The van der Waals surface area contributed by atoms with Gasteiger partial charge >= 0.3 is 0 Å². The molecule has 1 aromatic rings. The minimum absolute atomic E-state index is 0.0163. The highest BCUT2D eigenvalue weighted by molar-refractivity contribution is 5.94. The summed E-state index contributed by atoms with van der Waals surface area (Å²) in [6.07, 6.45) is 0.228. The average molecular weight is 253 g/mol. The topological polar surface area (TPSA) is 78.9 Å². The van der Waals surface area contributed by atoms with Crippen LogP contribution in [0.1, 0.15) is 22.3 Å². The van der Waals surface area contributed by atoms with Crippen LogP contribution in [-0.4, -0.2) is 35.4 Å². The quantitative estimate of drug-likeness (QED) is 0.368. The van der Waals surface area contributed by atoms with Gasteiger partial charge in [0.25, 0.3) is 5.91 Å². The number of oxime groups is 1. The van der Waals surface area contributed by atoms with Gasteiger partial charge in [0.15, 0.2) is 0 Å². The number of hydrogen-bond acceptors (Lipinski definition) is 3. The van der Waals surface area contributed by atoms with Crippen LogP contribution in [0.15, 0.2) is 23.4 Å². The second-order valence-electron chi connectivity index (χ2n) is 4.05. The van der Waals surface area contributed by atoms with Crippen molar-refractivity contribution in [2.45, 2.75) is 13.3 Å². The van der Waals surface area contributed by atoms with Gasteiger partial charge in [0.2, 0.25) is 0 Å². The number of rotatable bonds is 4. The molecule has 0 saturated heterocycles. The monoisotopic (exact) mass is 253 g/mol. The van der Waals surface area contributed by atoms with Crippen LogP contribution < -0.4 is 5.73 Å². The molecular weight excluding hydrogens is 237 g/mol. The van der Waals surface area contributed by atoms with Crippen LogP contribution in [-0.2, 0) is 0 Å². The zero-order valence-corrected chi connectivity index (χ0v) is 10.4. The van der Waals surface area contributed by atoms with Crippen molar-refractivity contribution in [3.63, 3.8) is 0 Å². The Morgan fingerprint density at radius 1 is 1.56 bits per heavy atom. The van der Waals surface area contributed by atoms with Crippen molar-refractivity contribution in [1.29, 1.82) is 0 Å². The van der Waals surface area contributed by atoms with Crippen LogP contribution in [0.4, 0.5) is 4.39 Å². The van der Waals surface area contributed by atoms with Crippen molar-refractivity contribution in [3.05, 3.63) is 35.1 Å². The lowest BCUT2D eigenvalue weighted by Gasteiger charge is -2.17. The molecular formula is C12H16FN3O2. The van der Waals surface area contributed by atoms with Crippen molar-refractivity contribution in [1.82, 2.24) is 4.90 Å². The van der Waals surface area contributed by atoms with Crippen molar-refractivity contribution in [2.24, 2.45) is 10.9 Å². The van der Waals surface area contributed by atoms with E-state index in [0.29, 0.717) is 0 Å². The zero-order valence-electron chi connectivity index (χ0n) is 10.4. The lowest BCUT2D eigenvalue weighted by molar-refractivity contribution is 0.0794. The van der Waals surface area contributed by atoms with Crippen molar-refractivity contribution in [3.8, 4) is 0 Å². The van der Waals surface area contributed by atoms with E-state index in [9.17, 15) is 9.18 Å². The van der Waals surface area contributed by atoms with Crippen LogP contribution >= 0.6 is 0 Å². The van der Waals surface area contributed by atoms with Gasteiger partial charge in [-0.2, -0.15) is 0 Å². The molecule has 0 atom stereocenters. The van der Waals surface area contributed by atoms with Gasteiger partial charge in [0, 0.05) is 20.0 Å². The predicted molar refractivity (Wildman–Crippen MR) is 66.1 cm³/mol. The maximum Gasteiger partial charge on any atom is 0.256 e. The van der Waals surface area contributed by atoms with Crippen LogP contribution in [0.25, 0.3) is 0 Å². The van der Waals surface area contributed by atoms with Gasteiger partial charge in [0.1, 0.15) is 11.7 Å². The molecule has 1 rings (SSSR count). The molecule has 0 spiro atoms. The first-order valence-electron chi connectivity index (χ1n) is 5.43. The van der Waals surface area contributed by atoms with Crippen molar-refractivity contribution >= 4 is 11.7 Å². The molecule has 18 heavy (non-hydrogen) atoms. The Labute approximate surface area is 105 Å². The van der Waals surface area contributed by atoms with Crippen molar-refractivity contribution in [2.75, 3.05) is 13.6 Å². The number of amides is 1. The Kier molecular flexibility index (Phi) is 4.65. The molecule has 1 aromatic carbocycles. The first-order valence-corrected chi connectivity index (χ1v) is 5.43. The number of nitrogens with zero attached hydrogens (tertiary/aromatic N) is 2. The number of amidine groups is 1. The number of benzene rings is 1. The second kappa shape index (κ2) is 6.00. The molecule has 0 unspecified atom stereocenters. The van der Waals surface area contributed by atoms with Crippen LogP contribution in [0.5, 0.6) is 0 Å². The van der Waals surface area contributed by atoms with Gasteiger partial charge in [-0.25, -0.2) is 4.39 Å². The second-order valence-corrected chi connectivity index (χ2v) is 4.05. The molecule has 0 bridgehead atoms. The Bertz CT molecular complexity index is 474. The largest absolute Gasteiger partial charge is 0.409 e. The summed E-state index contributed by atoms with van der Waals surface area (Å²) in [5.41, 5.74) is 6.07. The van der Waals surface area contributed by atoms with E-state index in [4.69, 9.17) is 10.9 Å². The summed E-state index contributed by atoms with van der Waals surface area (Å²) < 4.78 is 13.6. The van der Waals surface area contributed by atoms with Crippen LogP contribution in [0.3, 0.4) is 0 Å². The summed E-state index contributed by atoms with van der Waals surface area (Å²) >= 11 is 0. The normalized spacial score (nSPS) is 11.4. The average Bonchev–Trinajstić information content (AvgIpc) is 2.34. The fourth-order valence-electron chi connectivity index (χ4n) is 1.43. The first-order chi connectivity index (χ1) is 8.45. The van der Waals surface area contributed by atoms with Crippen LogP contribution in [0, 0.1) is 12.7 Å². The maximum atomic E-state index is 13.6. The number of hydrogen-bond donors (Lipinski definition) is 2. The molecule has 98 valence electrons. The van der Waals surface area contributed by atoms with E-state index >= 15 is 0 Å². The fraction of sp³-hybridized carbons (Fsp3) is 0.333. The highest BCUT2D eigenvalue weighted by Crippen LogP contribution is 2.12. The molecule has 6 heteroatoms. The lowest BCUT2D eigenvalue weighted by Crippen LogP contribution is -2.31. The molecule has 0 aromatic heterocycles. The predicted octanol–water partition coefficient (Wildman–Crippen LogP) is 1.34. The van der Waals surface area contributed by atoms with E-state index in [1.165, 1.54) is 24.1 Å². The summed E-state index contributed by atoms with van der Waals surface area (Å²) in [4.78, 5) is 13.2. The zero-order chi connectivity index (χ0) is 13.7. The number of nitrogens with two attached hydrogens (primary N) is 1. The summed E-state index contributed by atoms with van der Waals surface area (Å²) in [5.74, 6) is -0.951. The van der Waals surface area contributed by atoms with Crippen molar-refractivity contribution < 1.29 is 14.4 Å². The van der Waals surface area contributed by atoms with E-state index in [1.807, 2.05) is 0 Å². The summed E-state index contributed by atoms with van der Waals surface area (Å²) in [5, 5.41) is 11.2. The summed E-state index contributed by atoms with van der Waals surface area (Å²) in [7, 11) is 1.53. The molecule has 0 fully saturated rings. The molecule has 0 aliphatic carbocycles. The Morgan fingerprint density at radius 2 is 2.22 bits per heavy atom. The number of carbonyl (C=O) groups is 1. The lowest BCUT2D eigenvalue weighted by atomic mass is 10.1. The number of aryl methyl sites for hydroxylation is 1. The SMILES string of the molecule is Cc1ccc(C(=O)N(C)CC/C(N)=N/O)c(F)c1. The van der Waals surface area contributed by atoms with E-state index in [-0.39, 0.29) is 24.4 Å². The summed E-state index contributed by atoms with van der Waals surface area (Å²) in [6, 6.07) is 4.44. The van der Waals surface area contributed by atoms with Gasteiger partial charge in [-0.3, -0.25) is 4.79 Å². The molecule has 5 nitrogen and oxygen atoms in total. The first kappa shape index (κ1) is 14.0. The number of carbonyl (C=O) groups excluding carboxylic acids is 1. The summed E-state index contributed by atoms with van der Waals surface area (Å²) in [6.45, 7) is 2.00. The Balaban J connectivity index is 2.74. The molecule has 0 aliphatic heterocycles. The van der Waals surface area contributed by atoms with Gasteiger partial charge in [0.05, 0.1) is 5.56 Å². The third-order valence-electron chi connectivity index (χ3n) is 2.53. The molecule has 0 saturated carbocycles. The molecule has 0 heterocycles. The molecule has 1 amide bonds. The maximum absolute atomic E-state index is 13.6. The molecule has 3 N–H and O–H groups in total. The third kappa shape index (κ3) is 3.44. The fourth-order valence-corrected chi connectivity index (χ4v) is 1.43. The third-order valence-corrected chi connectivity index (χ3v) is 2.53. The standard InChI is InChI=1S/C12H16FN3O2/c1-8-3-4-9(10(13)7-8)12(17)16(2)6-5-11(14)15-18/h3-4,7,18H,5-6H2,1-2H3,(H2,14,15). The number of halogens is 1. The van der Waals surface area contributed by atoms with Gasteiger partial charge in [-0.05, 0) is 24.6 Å². The van der Waals surface area contributed by atoms with Gasteiger partial charge in [-0.15, -0.1) is 0 Å².